The van der Waals surface area contributed by atoms with E-state index in [0.717, 1.165) is 6.42 Å². The summed E-state index contributed by atoms with van der Waals surface area (Å²) < 4.78 is 0. The van der Waals surface area contributed by atoms with Crippen molar-refractivity contribution in [2.45, 2.75) is 44.7 Å². The van der Waals surface area contributed by atoms with Gasteiger partial charge in [-0.1, -0.05) is 36.8 Å². The summed E-state index contributed by atoms with van der Waals surface area (Å²) in [5.41, 5.74) is 1.38. The van der Waals surface area contributed by atoms with E-state index < -0.39 is 0 Å². The van der Waals surface area contributed by atoms with Crippen molar-refractivity contribution in [3.8, 4) is 0 Å². The van der Waals surface area contributed by atoms with Gasteiger partial charge in [-0.15, -0.1) is 0 Å². The molecule has 0 amide bonds. The van der Waals surface area contributed by atoms with Crippen molar-refractivity contribution in [2.24, 2.45) is 5.92 Å². The number of aliphatic hydroxyl groups excluding tert-OH is 1. The Hall–Kier alpha value is -0.860. The molecule has 1 saturated carbocycles. The van der Waals surface area contributed by atoms with Crippen molar-refractivity contribution in [3.63, 3.8) is 0 Å². The van der Waals surface area contributed by atoms with Crippen LogP contribution in [-0.2, 0) is 6.42 Å². The molecule has 1 fully saturated rings. The van der Waals surface area contributed by atoms with E-state index in [-0.39, 0.29) is 0 Å². The van der Waals surface area contributed by atoms with Crippen molar-refractivity contribution in [2.75, 3.05) is 6.61 Å². The van der Waals surface area contributed by atoms with Crippen LogP contribution in [0.15, 0.2) is 30.3 Å². The standard InChI is InChI=1S/C15H23NO/c1-12(10-13-6-3-2-4-7-13)16-15-9-5-8-14(15)11-17/h2-4,6-7,12,14-17H,5,8-11H2,1H3. The molecule has 1 aromatic carbocycles. The quantitative estimate of drug-likeness (QED) is 0.818. The van der Waals surface area contributed by atoms with Gasteiger partial charge in [0.25, 0.3) is 0 Å². The first-order valence-electron chi connectivity index (χ1n) is 6.70. The fourth-order valence-electron chi connectivity index (χ4n) is 2.87. The molecular formula is C15H23NO. The van der Waals surface area contributed by atoms with Crippen molar-refractivity contribution < 1.29 is 5.11 Å². The highest BCUT2D eigenvalue weighted by atomic mass is 16.3. The topological polar surface area (TPSA) is 32.3 Å². The minimum atomic E-state index is 0.329. The molecule has 1 aliphatic carbocycles. The van der Waals surface area contributed by atoms with Crippen LogP contribution in [0.25, 0.3) is 0 Å². The smallest absolute Gasteiger partial charge is 0.0474 e. The minimum Gasteiger partial charge on any atom is -0.396 e. The first-order valence-corrected chi connectivity index (χ1v) is 6.70. The Balaban J connectivity index is 1.83. The Morgan fingerprint density at radius 3 is 2.76 bits per heavy atom. The normalized spacial score (nSPS) is 26.0. The zero-order valence-electron chi connectivity index (χ0n) is 10.6. The molecule has 0 bridgehead atoms. The van der Waals surface area contributed by atoms with Gasteiger partial charge in [0.15, 0.2) is 0 Å². The lowest BCUT2D eigenvalue weighted by atomic mass is 10.0. The molecule has 0 radical (unpaired) electrons. The Morgan fingerprint density at radius 2 is 2.06 bits per heavy atom. The summed E-state index contributed by atoms with van der Waals surface area (Å²) in [5.74, 6) is 0.466. The zero-order valence-corrected chi connectivity index (χ0v) is 10.6. The highest BCUT2D eigenvalue weighted by Crippen LogP contribution is 2.25. The highest BCUT2D eigenvalue weighted by Gasteiger charge is 2.27. The number of benzene rings is 1. The van der Waals surface area contributed by atoms with E-state index in [4.69, 9.17) is 0 Å². The van der Waals surface area contributed by atoms with E-state index in [1.165, 1.54) is 24.8 Å². The molecule has 0 spiro atoms. The Morgan fingerprint density at radius 1 is 1.29 bits per heavy atom. The molecule has 2 heteroatoms. The molecule has 3 unspecified atom stereocenters. The SMILES string of the molecule is CC(Cc1ccccc1)NC1CCCC1CO. The molecule has 0 aliphatic heterocycles. The van der Waals surface area contributed by atoms with Crippen LogP contribution in [0.4, 0.5) is 0 Å². The van der Waals surface area contributed by atoms with Crippen molar-refractivity contribution >= 4 is 0 Å². The number of nitrogens with one attached hydrogen (secondary N) is 1. The summed E-state index contributed by atoms with van der Waals surface area (Å²) in [4.78, 5) is 0. The molecule has 2 rings (SSSR count). The lowest BCUT2D eigenvalue weighted by Gasteiger charge is -2.24. The largest absolute Gasteiger partial charge is 0.396 e. The maximum Gasteiger partial charge on any atom is 0.0474 e. The Kier molecular flexibility index (Phi) is 4.57. The van der Waals surface area contributed by atoms with Crippen molar-refractivity contribution in [1.29, 1.82) is 0 Å². The Labute approximate surface area is 104 Å². The fourth-order valence-corrected chi connectivity index (χ4v) is 2.87. The third-order valence-corrected chi connectivity index (χ3v) is 3.78. The third-order valence-electron chi connectivity index (χ3n) is 3.78. The zero-order chi connectivity index (χ0) is 12.1. The van der Waals surface area contributed by atoms with E-state index in [2.05, 4.69) is 42.6 Å². The average molecular weight is 233 g/mol. The van der Waals surface area contributed by atoms with Gasteiger partial charge in [0, 0.05) is 18.7 Å². The molecule has 2 nitrogen and oxygen atoms in total. The first-order chi connectivity index (χ1) is 8.29. The number of hydrogen-bond donors (Lipinski definition) is 2. The molecule has 17 heavy (non-hydrogen) atoms. The molecule has 1 aromatic rings. The van der Waals surface area contributed by atoms with E-state index in [0.29, 0.717) is 24.6 Å². The second-order valence-electron chi connectivity index (χ2n) is 5.24. The summed E-state index contributed by atoms with van der Waals surface area (Å²) >= 11 is 0. The number of hydrogen-bond acceptors (Lipinski definition) is 2. The number of aliphatic hydroxyl groups is 1. The molecule has 0 aromatic heterocycles. The van der Waals surface area contributed by atoms with Crippen molar-refractivity contribution in [1.82, 2.24) is 5.32 Å². The second kappa shape index (κ2) is 6.18. The summed E-state index contributed by atoms with van der Waals surface area (Å²) in [6.45, 7) is 2.56. The van der Waals surface area contributed by atoms with Crippen LogP contribution in [0, 0.1) is 5.92 Å². The van der Waals surface area contributed by atoms with Crippen LogP contribution >= 0.6 is 0 Å². The maximum absolute atomic E-state index is 9.30. The van der Waals surface area contributed by atoms with Gasteiger partial charge >= 0.3 is 0 Å². The first kappa shape index (κ1) is 12.6. The third kappa shape index (κ3) is 3.55. The lowest BCUT2D eigenvalue weighted by Crippen LogP contribution is -2.40. The predicted octanol–water partition coefficient (Wildman–Crippen LogP) is 2.37. The minimum absolute atomic E-state index is 0.329. The van der Waals surface area contributed by atoms with Crippen LogP contribution in [-0.4, -0.2) is 23.8 Å². The van der Waals surface area contributed by atoms with Crippen LogP contribution in [0.5, 0.6) is 0 Å². The summed E-state index contributed by atoms with van der Waals surface area (Å²) in [7, 11) is 0. The molecule has 0 heterocycles. The van der Waals surface area contributed by atoms with Gasteiger partial charge in [-0.05, 0) is 37.7 Å². The van der Waals surface area contributed by atoms with E-state index in [1.54, 1.807) is 0 Å². The maximum atomic E-state index is 9.30. The van der Waals surface area contributed by atoms with Gasteiger partial charge in [0.05, 0.1) is 0 Å². The van der Waals surface area contributed by atoms with Crippen LogP contribution < -0.4 is 5.32 Å². The fraction of sp³-hybridized carbons (Fsp3) is 0.600. The summed E-state index contributed by atoms with van der Waals surface area (Å²) in [6.07, 6.45) is 4.70. The van der Waals surface area contributed by atoms with Crippen molar-refractivity contribution in [3.05, 3.63) is 35.9 Å². The van der Waals surface area contributed by atoms with Gasteiger partial charge in [0.2, 0.25) is 0 Å². The molecule has 2 N–H and O–H groups in total. The molecular weight excluding hydrogens is 210 g/mol. The monoisotopic (exact) mass is 233 g/mol. The van der Waals surface area contributed by atoms with E-state index in [1.807, 2.05) is 0 Å². The van der Waals surface area contributed by atoms with Gasteiger partial charge in [0.1, 0.15) is 0 Å². The van der Waals surface area contributed by atoms with E-state index in [9.17, 15) is 5.11 Å². The molecule has 3 atom stereocenters. The van der Waals surface area contributed by atoms with Crippen LogP contribution in [0.1, 0.15) is 31.7 Å². The van der Waals surface area contributed by atoms with Crippen LogP contribution in [0.2, 0.25) is 0 Å². The van der Waals surface area contributed by atoms with Crippen LogP contribution in [0.3, 0.4) is 0 Å². The van der Waals surface area contributed by atoms with Gasteiger partial charge in [-0.3, -0.25) is 0 Å². The molecule has 94 valence electrons. The van der Waals surface area contributed by atoms with Gasteiger partial charge < -0.3 is 10.4 Å². The van der Waals surface area contributed by atoms with Gasteiger partial charge in [-0.2, -0.15) is 0 Å². The van der Waals surface area contributed by atoms with Gasteiger partial charge in [-0.25, -0.2) is 0 Å². The average Bonchev–Trinajstić information content (AvgIpc) is 2.77. The lowest BCUT2D eigenvalue weighted by molar-refractivity contribution is 0.200. The highest BCUT2D eigenvalue weighted by molar-refractivity contribution is 5.15. The van der Waals surface area contributed by atoms with E-state index >= 15 is 0 Å². The summed E-state index contributed by atoms with van der Waals surface area (Å²) in [5, 5.41) is 13.0. The second-order valence-corrected chi connectivity index (χ2v) is 5.24. The predicted molar refractivity (Wildman–Crippen MR) is 71.0 cm³/mol. The summed E-state index contributed by atoms with van der Waals surface area (Å²) in [6, 6.07) is 11.6. The Bertz CT molecular complexity index is 325. The number of rotatable bonds is 5. The molecule has 1 aliphatic rings. The molecule has 0 saturated heterocycles.